The topological polar surface area (TPSA) is 49.8 Å². The lowest BCUT2D eigenvalue weighted by atomic mass is 10.1. The summed E-state index contributed by atoms with van der Waals surface area (Å²) in [6.07, 6.45) is 7.26. The van der Waals surface area contributed by atoms with Crippen LogP contribution in [0.5, 0.6) is 0 Å². The lowest BCUT2D eigenvalue weighted by molar-refractivity contribution is -0.136. The molecule has 1 rings (SSSR count). The minimum atomic E-state index is -0.243. The van der Waals surface area contributed by atoms with E-state index in [9.17, 15) is 9.90 Å². The van der Waals surface area contributed by atoms with Crippen molar-refractivity contribution in [3.63, 3.8) is 0 Å². The summed E-state index contributed by atoms with van der Waals surface area (Å²) in [6.45, 7) is 3.88. The van der Waals surface area contributed by atoms with E-state index in [1.54, 1.807) is 0 Å². The Morgan fingerprint density at radius 3 is 2.83 bits per heavy atom. The van der Waals surface area contributed by atoms with Gasteiger partial charge in [0.1, 0.15) is 0 Å². The molecular weight excluding hydrogens is 230 g/mol. The second-order valence-corrected chi connectivity index (χ2v) is 4.76. The third-order valence-electron chi connectivity index (χ3n) is 3.61. The van der Waals surface area contributed by atoms with Crippen molar-refractivity contribution in [1.29, 1.82) is 0 Å². The Morgan fingerprint density at radius 1 is 1.44 bits per heavy atom. The predicted octanol–water partition coefficient (Wildman–Crippen LogP) is 1.73. The fourth-order valence-electron chi connectivity index (χ4n) is 2.41. The average molecular weight is 255 g/mol. The molecule has 1 unspecified atom stereocenters. The van der Waals surface area contributed by atoms with Gasteiger partial charge in [-0.05, 0) is 25.8 Å². The number of rotatable bonds is 5. The highest BCUT2D eigenvalue weighted by molar-refractivity contribution is 5.88. The van der Waals surface area contributed by atoms with Crippen LogP contribution in [0.1, 0.15) is 39.0 Å². The van der Waals surface area contributed by atoms with Crippen LogP contribution in [0.15, 0.2) is 11.6 Å². The minimum absolute atomic E-state index is 0.202. The number of aliphatic hydroxyl groups excluding tert-OH is 1. The maximum atomic E-state index is 11.5. The summed E-state index contributed by atoms with van der Waals surface area (Å²) < 4.78 is 4.75. The Hall–Kier alpha value is -0.870. The third kappa shape index (κ3) is 4.42. The Labute approximate surface area is 110 Å². The Morgan fingerprint density at radius 2 is 2.22 bits per heavy atom. The molecule has 1 fully saturated rings. The smallest absolute Gasteiger partial charge is 0.333 e. The van der Waals surface area contributed by atoms with E-state index in [4.69, 9.17) is 4.74 Å². The summed E-state index contributed by atoms with van der Waals surface area (Å²) in [6, 6.07) is 0.236. The summed E-state index contributed by atoms with van der Waals surface area (Å²) in [5.41, 5.74) is 0.721. The maximum Gasteiger partial charge on any atom is 0.333 e. The van der Waals surface area contributed by atoms with E-state index in [0.29, 0.717) is 6.42 Å². The number of aliphatic hydroxyl groups is 1. The summed E-state index contributed by atoms with van der Waals surface area (Å²) in [4.78, 5) is 13.7. The van der Waals surface area contributed by atoms with Crippen molar-refractivity contribution in [3.05, 3.63) is 11.6 Å². The molecule has 1 aliphatic rings. The lowest BCUT2D eigenvalue weighted by Crippen LogP contribution is -2.37. The molecule has 0 aromatic carbocycles. The van der Waals surface area contributed by atoms with Crippen LogP contribution in [0, 0.1) is 0 Å². The van der Waals surface area contributed by atoms with Crippen LogP contribution in [0.3, 0.4) is 0 Å². The number of esters is 1. The van der Waals surface area contributed by atoms with Crippen molar-refractivity contribution in [1.82, 2.24) is 4.90 Å². The van der Waals surface area contributed by atoms with E-state index >= 15 is 0 Å². The Kier molecular flexibility index (Phi) is 6.98. The van der Waals surface area contributed by atoms with Crippen molar-refractivity contribution in [3.8, 4) is 0 Å². The highest BCUT2D eigenvalue weighted by atomic mass is 16.5. The molecule has 104 valence electrons. The van der Waals surface area contributed by atoms with Gasteiger partial charge in [-0.15, -0.1) is 0 Å². The first-order valence-electron chi connectivity index (χ1n) is 6.85. The van der Waals surface area contributed by atoms with E-state index in [1.165, 1.54) is 26.4 Å². The lowest BCUT2D eigenvalue weighted by Gasteiger charge is -2.27. The first-order chi connectivity index (χ1) is 8.72. The summed E-state index contributed by atoms with van der Waals surface area (Å²) >= 11 is 0. The average Bonchev–Trinajstić information content (AvgIpc) is 2.63. The number of methoxy groups -OCH3 is 1. The van der Waals surface area contributed by atoms with Gasteiger partial charge in [-0.1, -0.05) is 25.8 Å². The molecule has 0 amide bonds. The number of carbonyl (C=O) groups is 1. The van der Waals surface area contributed by atoms with Gasteiger partial charge in [0.15, 0.2) is 0 Å². The number of ether oxygens (including phenoxy) is 1. The Bertz CT molecular complexity index is 289. The van der Waals surface area contributed by atoms with E-state index < -0.39 is 0 Å². The number of hydrogen-bond acceptors (Lipinski definition) is 4. The molecule has 1 aliphatic heterocycles. The van der Waals surface area contributed by atoms with Gasteiger partial charge in [0.05, 0.1) is 13.7 Å². The third-order valence-corrected chi connectivity index (χ3v) is 3.61. The quantitative estimate of drug-likeness (QED) is 0.600. The van der Waals surface area contributed by atoms with E-state index in [2.05, 4.69) is 4.90 Å². The van der Waals surface area contributed by atoms with E-state index in [0.717, 1.165) is 25.1 Å². The molecule has 1 N–H and O–H groups in total. The molecule has 0 aromatic rings. The monoisotopic (exact) mass is 255 g/mol. The Balaban J connectivity index is 2.62. The van der Waals surface area contributed by atoms with Crippen molar-refractivity contribution >= 4 is 5.97 Å². The second kappa shape index (κ2) is 8.27. The van der Waals surface area contributed by atoms with Gasteiger partial charge in [0.2, 0.25) is 0 Å². The molecule has 4 heteroatoms. The number of hydrogen-bond donors (Lipinski definition) is 1. The van der Waals surface area contributed by atoms with Crippen molar-refractivity contribution < 1.29 is 14.6 Å². The van der Waals surface area contributed by atoms with Crippen LogP contribution in [0.25, 0.3) is 0 Å². The zero-order valence-corrected chi connectivity index (χ0v) is 11.5. The molecular formula is C14H25NO3. The van der Waals surface area contributed by atoms with Crippen LogP contribution in [0.2, 0.25) is 0 Å². The van der Waals surface area contributed by atoms with Crippen molar-refractivity contribution in [2.75, 3.05) is 26.8 Å². The molecule has 0 radical (unpaired) electrons. The summed E-state index contributed by atoms with van der Waals surface area (Å²) in [5, 5.41) is 9.41. The van der Waals surface area contributed by atoms with Gasteiger partial charge in [-0.3, -0.25) is 4.90 Å². The summed E-state index contributed by atoms with van der Waals surface area (Å²) in [7, 11) is 1.41. The highest BCUT2D eigenvalue weighted by Crippen LogP contribution is 2.17. The molecule has 4 nitrogen and oxygen atoms in total. The standard InChI is InChI=1S/C14H25NO3/c1-3-12(14(17)18-2)8-10-15-9-6-4-5-7-13(15)11-16/h8,13,16H,3-7,9-11H2,1-2H3. The highest BCUT2D eigenvalue weighted by Gasteiger charge is 2.19. The first-order valence-corrected chi connectivity index (χ1v) is 6.85. The molecule has 0 spiro atoms. The van der Waals surface area contributed by atoms with Crippen LogP contribution in [-0.2, 0) is 9.53 Å². The van der Waals surface area contributed by atoms with Crippen LogP contribution < -0.4 is 0 Å². The van der Waals surface area contributed by atoms with Gasteiger partial charge in [-0.25, -0.2) is 4.79 Å². The molecule has 1 heterocycles. The number of nitrogens with zero attached hydrogens (tertiary/aromatic N) is 1. The van der Waals surface area contributed by atoms with Gasteiger partial charge in [0.25, 0.3) is 0 Å². The van der Waals surface area contributed by atoms with Crippen LogP contribution in [0.4, 0.5) is 0 Å². The largest absolute Gasteiger partial charge is 0.466 e. The second-order valence-electron chi connectivity index (χ2n) is 4.76. The maximum absolute atomic E-state index is 11.5. The molecule has 0 saturated carbocycles. The van der Waals surface area contributed by atoms with E-state index in [-0.39, 0.29) is 18.6 Å². The van der Waals surface area contributed by atoms with Crippen molar-refractivity contribution in [2.24, 2.45) is 0 Å². The molecule has 18 heavy (non-hydrogen) atoms. The number of carbonyl (C=O) groups excluding carboxylic acids is 1. The molecule has 1 atom stereocenters. The molecule has 0 bridgehead atoms. The van der Waals surface area contributed by atoms with E-state index in [1.807, 2.05) is 13.0 Å². The first kappa shape index (κ1) is 15.2. The van der Waals surface area contributed by atoms with Gasteiger partial charge < -0.3 is 9.84 Å². The fraction of sp³-hybridized carbons (Fsp3) is 0.786. The zero-order chi connectivity index (χ0) is 13.4. The molecule has 1 saturated heterocycles. The van der Waals surface area contributed by atoms with Crippen LogP contribution >= 0.6 is 0 Å². The minimum Gasteiger partial charge on any atom is -0.466 e. The van der Waals surface area contributed by atoms with Gasteiger partial charge >= 0.3 is 5.97 Å². The SMILES string of the molecule is CCC(=CCN1CCCCCC1CO)C(=O)OC. The van der Waals surface area contributed by atoms with Gasteiger partial charge in [-0.2, -0.15) is 0 Å². The normalized spacial score (nSPS) is 22.6. The zero-order valence-electron chi connectivity index (χ0n) is 11.5. The fourth-order valence-corrected chi connectivity index (χ4v) is 2.41. The van der Waals surface area contributed by atoms with Crippen molar-refractivity contribution in [2.45, 2.75) is 45.1 Å². The summed E-state index contributed by atoms with van der Waals surface area (Å²) in [5.74, 6) is -0.243. The number of likely N-dealkylation sites (tertiary alicyclic amines) is 1. The van der Waals surface area contributed by atoms with Gasteiger partial charge in [0, 0.05) is 18.2 Å². The predicted molar refractivity (Wildman–Crippen MR) is 71.3 cm³/mol. The molecule has 0 aliphatic carbocycles. The molecule has 0 aromatic heterocycles. The van der Waals surface area contributed by atoms with Crippen LogP contribution in [-0.4, -0.2) is 48.8 Å².